The molecule has 1 aromatic rings. The molecular formula is C18H28O3. The molecule has 0 radical (unpaired) electrons. The van der Waals surface area contributed by atoms with Gasteiger partial charge in [0.25, 0.3) is 0 Å². The lowest BCUT2D eigenvalue weighted by atomic mass is 9.77. The Labute approximate surface area is 128 Å². The summed E-state index contributed by atoms with van der Waals surface area (Å²) in [5.41, 5.74) is 0.983. The monoisotopic (exact) mass is 292 g/mol. The minimum atomic E-state index is -0.556. The van der Waals surface area contributed by atoms with Crippen LogP contribution in [0.25, 0.3) is 0 Å². The summed E-state index contributed by atoms with van der Waals surface area (Å²) in [6.07, 6.45) is 2.10. The second kappa shape index (κ2) is 6.47. The van der Waals surface area contributed by atoms with Gasteiger partial charge < -0.3 is 14.6 Å². The first-order chi connectivity index (χ1) is 9.81. The number of rotatable bonds is 5. The molecule has 1 saturated heterocycles. The SMILES string of the molecule is CC1(C)OCC[C@@H](C(C)(C)C(O)CCc2ccccc2)O1. The number of benzene rings is 1. The molecule has 0 spiro atoms. The van der Waals surface area contributed by atoms with Gasteiger partial charge in [-0.15, -0.1) is 0 Å². The van der Waals surface area contributed by atoms with Gasteiger partial charge >= 0.3 is 0 Å². The van der Waals surface area contributed by atoms with E-state index in [2.05, 4.69) is 26.0 Å². The summed E-state index contributed by atoms with van der Waals surface area (Å²) in [5, 5.41) is 10.6. The first kappa shape index (κ1) is 16.5. The predicted molar refractivity (Wildman–Crippen MR) is 84.1 cm³/mol. The fourth-order valence-corrected chi connectivity index (χ4v) is 2.91. The minimum Gasteiger partial charge on any atom is -0.392 e. The fraction of sp³-hybridized carbons (Fsp3) is 0.667. The molecule has 118 valence electrons. The van der Waals surface area contributed by atoms with E-state index >= 15 is 0 Å². The Balaban J connectivity index is 1.94. The first-order valence-electron chi connectivity index (χ1n) is 7.85. The van der Waals surface area contributed by atoms with Crippen molar-refractivity contribution in [2.45, 2.75) is 65.0 Å². The quantitative estimate of drug-likeness (QED) is 0.902. The summed E-state index contributed by atoms with van der Waals surface area (Å²) in [5.74, 6) is -0.556. The van der Waals surface area contributed by atoms with Crippen molar-refractivity contribution in [2.75, 3.05) is 6.61 Å². The number of hydrogen-bond acceptors (Lipinski definition) is 3. The molecule has 1 unspecified atom stereocenters. The van der Waals surface area contributed by atoms with Crippen molar-refractivity contribution < 1.29 is 14.6 Å². The molecule has 0 amide bonds. The number of aliphatic hydroxyl groups is 1. The number of aliphatic hydroxyl groups excluding tert-OH is 1. The Bertz CT molecular complexity index is 439. The van der Waals surface area contributed by atoms with Gasteiger partial charge in [0.15, 0.2) is 5.79 Å². The van der Waals surface area contributed by atoms with Crippen LogP contribution in [0.15, 0.2) is 30.3 Å². The van der Waals surface area contributed by atoms with E-state index in [0.717, 1.165) is 19.3 Å². The van der Waals surface area contributed by atoms with Gasteiger partial charge in [-0.2, -0.15) is 0 Å². The zero-order valence-electron chi connectivity index (χ0n) is 13.6. The molecule has 3 nitrogen and oxygen atoms in total. The molecule has 0 aliphatic carbocycles. The van der Waals surface area contributed by atoms with Crippen LogP contribution in [0.3, 0.4) is 0 Å². The van der Waals surface area contributed by atoms with Gasteiger partial charge in [0.2, 0.25) is 0 Å². The molecule has 0 bridgehead atoms. The summed E-state index contributed by atoms with van der Waals surface area (Å²) in [7, 11) is 0. The summed E-state index contributed by atoms with van der Waals surface area (Å²) in [6, 6.07) is 10.3. The molecule has 21 heavy (non-hydrogen) atoms. The molecule has 2 atom stereocenters. The van der Waals surface area contributed by atoms with E-state index in [1.807, 2.05) is 32.0 Å². The van der Waals surface area contributed by atoms with Crippen LogP contribution in [0.4, 0.5) is 0 Å². The predicted octanol–water partition coefficient (Wildman–Crippen LogP) is 3.55. The highest BCUT2D eigenvalue weighted by molar-refractivity contribution is 5.14. The van der Waals surface area contributed by atoms with Crippen LogP contribution in [-0.2, 0) is 15.9 Å². The normalized spacial score (nSPS) is 23.8. The lowest BCUT2D eigenvalue weighted by Gasteiger charge is -2.45. The third kappa shape index (κ3) is 4.29. The van der Waals surface area contributed by atoms with Gasteiger partial charge in [-0.05, 0) is 38.7 Å². The lowest BCUT2D eigenvalue weighted by Crippen LogP contribution is -2.50. The maximum atomic E-state index is 10.6. The summed E-state index contributed by atoms with van der Waals surface area (Å²) >= 11 is 0. The van der Waals surface area contributed by atoms with Crippen LogP contribution >= 0.6 is 0 Å². The van der Waals surface area contributed by atoms with Gasteiger partial charge in [0.05, 0.1) is 18.8 Å². The van der Waals surface area contributed by atoms with Crippen molar-refractivity contribution in [1.29, 1.82) is 0 Å². The van der Waals surface area contributed by atoms with Crippen LogP contribution in [0.5, 0.6) is 0 Å². The third-order valence-corrected chi connectivity index (χ3v) is 4.49. The first-order valence-corrected chi connectivity index (χ1v) is 7.85. The maximum absolute atomic E-state index is 10.6. The fourth-order valence-electron chi connectivity index (χ4n) is 2.91. The van der Waals surface area contributed by atoms with Gasteiger partial charge in [0, 0.05) is 5.41 Å². The smallest absolute Gasteiger partial charge is 0.163 e. The molecular weight excluding hydrogens is 264 g/mol. The van der Waals surface area contributed by atoms with Gasteiger partial charge in [0.1, 0.15) is 0 Å². The van der Waals surface area contributed by atoms with Crippen LogP contribution in [-0.4, -0.2) is 29.7 Å². The molecule has 1 N–H and O–H groups in total. The molecule has 2 rings (SSSR count). The van der Waals surface area contributed by atoms with E-state index in [0.29, 0.717) is 6.61 Å². The Morgan fingerprint density at radius 1 is 1.29 bits per heavy atom. The van der Waals surface area contributed by atoms with Crippen LogP contribution < -0.4 is 0 Å². The Morgan fingerprint density at radius 3 is 2.57 bits per heavy atom. The van der Waals surface area contributed by atoms with Crippen molar-refractivity contribution >= 4 is 0 Å². The van der Waals surface area contributed by atoms with E-state index in [-0.39, 0.29) is 11.5 Å². The Kier molecular flexibility index (Phi) is 5.07. The van der Waals surface area contributed by atoms with Crippen LogP contribution in [0, 0.1) is 5.41 Å². The Morgan fingerprint density at radius 2 is 1.95 bits per heavy atom. The Hall–Kier alpha value is -0.900. The second-order valence-corrected chi connectivity index (χ2v) is 7.00. The van der Waals surface area contributed by atoms with Crippen molar-refractivity contribution in [3.63, 3.8) is 0 Å². The van der Waals surface area contributed by atoms with E-state index in [4.69, 9.17) is 9.47 Å². The van der Waals surface area contributed by atoms with E-state index < -0.39 is 11.9 Å². The standard InChI is InChI=1S/C18H28O3/c1-17(2,16-12-13-20-18(3,4)21-16)15(19)11-10-14-8-6-5-7-9-14/h5-9,15-16,19H,10-13H2,1-4H3/t15?,16-/m0/s1. The zero-order chi connectivity index (χ0) is 15.5. The van der Waals surface area contributed by atoms with Crippen LogP contribution in [0.1, 0.15) is 46.1 Å². The molecule has 0 saturated carbocycles. The van der Waals surface area contributed by atoms with Crippen molar-refractivity contribution in [3.05, 3.63) is 35.9 Å². The molecule has 3 heteroatoms. The molecule has 1 aliphatic heterocycles. The molecule has 1 heterocycles. The molecule has 1 aliphatic rings. The second-order valence-electron chi connectivity index (χ2n) is 7.00. The minimum absolute atomic E-state index is 0.0204. The van der Waals surface area contributed by atoms with Gasteiger partial charge in [-0.3, -0.25) is 0 Å². The lowest BCUT2D eigenvalue weighted by molar-refractivity contribution is -0.298. The summed E-state index contributed by atoms with van der Waals surface area (Å²) < 4.78 is 11.6. The summed E-state index contributed by atoms with van der Waals surface area (Å²) in [6.45, 7) is 8.74. The van der Waals surface area contributed by atoms with E-state index in [1.165, 1.54) is 5.56 Å². The van der Waals surface area contributed by atoms with Crippen molar-refractivity contribution in [3.8, 4) is 0 Å². The zero-order valence-corrected chi connectivity index (χ0v) is 13.6. The highest BCUT2D eigenvalue weighted by Gasteiger charge is 2.42. The largest absolute Gasteiger partial charge is 0.392 e. The third-order valence-electron chi connectivity index (χ3n) is 4.49. The average Bonchev–Trinajstić information content (AvgIpc) is 2.44. The molecule has 1 aromatic carbocycles. The van der Waals surface area contributed by atoms with Gasteiger partial charge in [-0.1, -0.05) is 44.2 Å². The highest BCUT2D eigenvalue weighted by atomic mass is 16.7. The van der Waals surface area contributed by atoms with Crippen molar-refractivity contribution in [1.82, 2.24) is 0 Å². The highest BCUT2D eigenvalue weighted by Crippen LogP contribution is 2.37. The van der Waals surface area contributed by atoms with Crippen molar-refractivity contribution in [2.24, 2.45) is 5.41 Å². The summed E-state index contributed by atoms with van der Waals surface area (Å²) in [4.78, 5) is 0. The number of hydrogen-bond donors (Lipinski definition) is 1. The van der Waals surface area contributed by atoms with E-state index in [9.17, 15) is 5.11 Å². The molecule has 0 aromatic heterocycles. The average molecular weight is 292 g/mol. The number of aryl methyl sites for hydroxylation is 1. The molecule has 1 fully saturated rings. The van der Waals surface area contributed by atoms with Gasteiger partial charge in [-0.25, -0.2) is 0 Å². The number of ether oxygens (including phenoxy) is 2. The maximum Gasteiger partial charge on any atom is 0.163 e. The van der Waals surface area contributed by atoms with Crippen LogP contribution in [0.2, 0.25) is 0 Å². The topological polar surface area (TPSA) is 38.7 Å². The van der Waals surface area contributed by atoms with E-state index in [1.54, 1.807) is 0 Å².